The van der Waals surface area contributed by atoms with Crippen molar-refractivity contribution in [2.45, 2.75) is 73.5 Å². The van der Waals surface area contributed by atoms with Crippen LogP contribution in [0.1, 0.15) is 84.1 Å². The third-order valence-corrected chi connectivity index (χ3v) is 26.2. The maximum atomic E-state index is 8.19. The van der Waals surface area contributed by atoms with Crippen molar-refractivity contribution in [3.8, 4) is 11.1 Å². The molecule has 5 rings (SSSR count). The number of halogens is 3. The molecule has 0 radical (unpaired) electrons. The summed E-state index contributed by atoms with van der Waals surface area (Å²) in [4.78, 5) is 0. The van der Waals surface area contributed by atoms with Gasteiger partial charge < -0.3 is 0 Å². The molecule has 204 valence electrons. The Hall–Kier alpha value is -1.24. The molecule has 0 N–H and O–H groups in total. The van der Waals surface area contributed by atoms with Crippen LogP contribution in [0.5, 0.6) is 0 Å². The molecule has 0 fully saturated rings. The van der Waals surface area contributed by atoms with Crippen LogP contribution in [-0.2, 0) is 26.7 Å². The summed E-state index contributed by atoms with van der Waals surface area (Å²) in [6, 6.07) is 17.6. The first kappa shape index (κ1) is 29.3. The van der Waals surface area contributed by atoms with Gasteiger partial charge in [0.25, 0.3) is 0 Å². The van der Waals surface area contributed by atoms with Gasteiger partial charge in [0.2, 0.25) is 0 Å². The molecule has 0 atom stereocenters. The monoisotopic (exact) mass is 654 g/mol. The molecule has 0 saturated heterocycles. The molecule has 0 aliphatic heterocycles. The number of fused-ring (bicyclic) bond motifs is 3. The van der Waals surface area contributed by atoms with E-state index in [1.165, 1.54) is 44.5 Å². The van der Waals surface area contributed by atoms with Gasteiger partial charge in [0.15, 0.2) is 0 Å². The molecule has 2 aliphatic carbocycles. The summed E-state index contributed by atoms with van der Waals surface area (Å²) in [6.45, 7) is 18.2. The Bertz CT molecular complexity index is 1520. The van der Waals surface area contributed by atoms with Gasteiger partial charge in [-0.05, 0) is 0 Å². The summed E-state index contributed by atoms with van der Waals surface area (Å²) < 4.78 is 2.17. The molecule has 0 aromatic heterocycles. The van der Waals surface area contributed by atoms with Crippen LogP contribution in [0, 0.1) is 13.8 Å². The molecule has 0 saturated carbocycles. The zero-order chi connectivity index (χ0) is 28.6. The standard InChI is InChI=1S/C23H29.C7H5Cl.C5H5.2ClH.Zr/c1-14-9-16-11-17-10-15(2)21(23(6,7)8)13-19(17)18(16)12-20(14)22(3,4)5;1-6-2-4-7(8)5-3-6;1-2-4-5-3-1;;;/h9-13H,1-8H3;1-5H;1-5H;2*1H;/q;;;;;+2/p-2. The fourth-order valence-electron chi connectivity index (χ4n) is 6.83. The summed E-state index contributed by atoms with van der Waals surface area (Å²) in [5, 5.41) is 0.707. The van der Waals surface area contributed by atoms with Gasteiger partial charge >= 0.3 is 250 Å². The van der Waals surface area contributed by atoms with Crippen LogP contribution in [0.2, 0.25) is 8.65 Å². The van der Waals surface area contributed by atoms with Gasteiger partial charge in [-0.25, -0.2) is 0 Å². The average molecular weight is 657 g/mol. The van der Waals surface area contributed by atoms with Crippen molar-refractivity contribution < 1.29 is 15.9 Å². The van der Waals surface area contributed by atoms with Gasteiger partial charge in [-0.2, -0.15) is 0 Å². The molecule has 4 heteroatoms. The van der Waals surface area contributed by atoms with E-state index >= 15 is 0 Å². The van der Waals surface area contributed by atoms with E-state index in [4.69, 9.17) is 28.6 Å². The molecular weight excluding hydrogens is 618 g/mol. The summed E-state index contributed by atoms with van der Waals surface area (Å²) >= 11 is 1.31. The van der Waals surface area contributed by atoms with Gasteiger partial charge in [0.05, 0.1) is 0 Å². The SMILES string of the molecule is Cc1cc2c(cc1C(C)(C)C)-c1cc(C(C)(C)C)c(C)cc1[CH]2[Zr]([Cl])([Cl])(=[CH]c1ccc(Cl)cc1)[CH]1C=CC=C1. The number of aryl methyl sites for hydroxylation is 2. The third kappa shape index (κ3) is 5.05. The van der Waals surface area contributed by atoms with Crippen LogP contribution in [0.15, 0.2) is 72.8 Å². The van der Waals surface area contributed by atoms with E-state index < -0.39 is 15.9 Å². The van der Waals surface area contributed by atoms with Crippen LogP contribution in [0.3, 0.4) is 0 Å². The van der Waals surface area contributed by atoms with Crippen molar-refractivity contribution in [1.29, 1.82) is 0 Å². The van der Waals surface area contributed by atoms with Crippen molar-refractivity contribution in [3.63, 3.8) is 0 Å². The molecule has 3 aromatic rings. The summed E-state index contributed by atoms with van der Waals surface area (Å²) in [6.07, 6.45) is 8.61. The van der Waals surface area contributed by atoms with Gasteiger partial charge in [0, 0.05) is 0 Å². The average Bonchev–Trinajstić information content (AvgIpc) is 3.45. The summed E-state index contributed by atoms with van der Waals surface area (Å²) in [7, 11) is 16.4. The van der Waals surface area contributed by atoms with Crippen molar-refractivity contribution in [1.82, 2.24) is 0 Å². The Labute approximate surface area is 247 Å². The van der Waals surface area contributed by atoms with Gasteiger partial charge in [-0.15, -0.1) is 0 Å². The normalized spacial score (nSPS) is 16.1. The third-order valence-electron chi connectivity index (χ3n) is 8.57. The van der Waals surface area contributed by atoms with E-state index in [1.54, 1.807) is 0 Å². The van der Waals surface area contributed by atoms with Crippen LogP contribution in [-0.4, -0.2) is 3.71 Å². The number of hydrogen-bond acceptors (Lipinski definition) is 0. The van der Waals surface area contributed by atoms with Crippen molar-refractivity contribution in [2.75, 3.05) is 0 Å². The first-order valence-electron chi connectivity index (χ1n) is 13.8. The second kappa shape index (κ2) is 9.66. The number of benzene rings is 3. The number of allylic oxidation sites excluding steroid dienone is 4. The van der Waals surface area contributed by atoms with Crippen molar-refractivity contribution in [3.05, 3.63) is 117 Å². The predicted octanol–water partition coefficient (Wildman–Crippen LogP) is 11.4. The molecule has 3 aromatic carbocycles. The van der Waals surface area contributed by atoms with Crippen molar-refractivity contribution in [2.24, 2.45) is 0 Å². The van der Waals surface area contributed by atoms with Gasteiger partial charge in [-0.3, -0.25) is 0 Å². The van der Waals surface area contributed by atoms with Gasteiger partial charge in [0.1, 0.15) is 0 Å². The molecule has 0 unspecified atom stereocenters. The van der Waals surface area contributed by atoms with Gasteiger partial charge in [-0.1, -0.05) is 0 Å². The van der Waals surface area contributed by atoms with Crippen LogP contribution < -0.4 is 0 Å². The number of rotatable bonds is 3. The summed E-state index contributed by atoms with van der Waals surface area (Å²) in [5.41, 5.74) is 11.5. The second-order valence-electron chi connectivity index (χ2n) is 13.7. The van der Waals surface area contributed by atoms with E-state index in [0.29, 0.717) is 5.02 Å². The molecule has 39 heavy (non-hydrogen) atoms. The fraction of sp³-hybridized carbons (Fsp3) is 0.343. The molecule has 0 nitrogen and oxygen atoms in total. The Kier molecular flexibility index (Phi) is 7.25. The topological polar surface area (TPSA) is 0 Å². The molecular formula is C35H39Cl3Zr. The molecule has 2 aliphatic rings. The van der Waals surface area contributed by atoms with Crippen LogP contribution in [0.4, 0.5) is 0 Å². The molecule has 0 amide bonds. The molecule has 0 bridgehead atoms. The van der Waals surface area contributed by atoms with E-state index in [2.05, 4.69) is 108 Å². The van der Waals surface area contributed by atoms with E-state index in [1.807, 2.05) is 24.3 Å². The minimum atomic E-state index is -4.95. The van der Waals surface area contributed by atoms with E-state index in [0.717, 1.165) is 5.56 Å². The first-order chi connectivity index (χ1) is 18.0. The zero-order valence-electron chi connectivity index (χ0n) is 24.3. The Morgan fingerprint density at radius 3 is 1.54 bits per heavy atom. The maximum absolute atomic E-state index is 8.19. The Morgan fingerprint density at radius 1 is 0.692 bits per heavy atom. The molecule has 0 spiro atoms. The van der Waals surface area contributed by atoms with Crippen molar-refractivity contribution >= 4 is 32.3 Å². The van der Waals surface area contributed by atoms with E-state index in [-0.39, 0.29) is 18.1 Å². The fourth-order valence-corrected chi connectivity index (χ4v) is 23.3. The first-order valence-corrected chi connectivity index (χ1v) is 24.8. The van der Waals surface area contributed by atoms with E-state index in [9.17, 15) is 0 Å². The number of hydrogen-bond donors (Lipinski definition) is 0. The quantitative estimate of drug-likeness (QED) is 0.263. The Balaban J connectivity index is 1.91. The summed E-state index contributed by atoms with van der Waals surface area (Å²) in [5.74, 6) is 0. The Morgan fingerprint density at radius 2 is 1.13 bits per heavy atom. The molecule has 0 heterocycles. The van der Waals surface area contributed by atoms with Crippen LogP contribution in [0.25, 0.3) is 11.1 Å². The zero-order valence-corrected chi connectivity index (χ0v) is 29.0. The predicted molar refractivity (Wildman–Crippen MR) is 171 cm³/mol. The van der Waals surface area contributed by atoms with Crippen LogP contribution >= 0.6 is 28.6 Å². The minimum absolute atomic E-state index is 0.0144. The second-order valence-corrected chi connectivity index (χ2v) is 35.0.